The number of ether oxygens (including phenoxy) is 2. The maximum absolute atomic E-state index is 13.2. The molecule has 0 bridgehead atoms. The summed E-state index contributed by atoms with van der Waals surface area (Å²) in [5.41, 5.74) is 6.34. The summed E-state index contributed by atoms with van der Waals surface area (Å²) >= 11 is 6.69. The lowest BCUT2D eigenvalue weighted by Gasteiger charge is -2.41. The molecular weight excluding hydrogens is 460 g/mol. The fourth-order valence-corrected chi connectivity index (χ4v) is 4.77. The summed E-state index contributed by atoms with van der Waals surface area (Å²) in [5.74, 6) is -0.242. The van der Waals surface area contributed by atoms with Gasteiger partial charge in [-0.2, -0.15) is 0 Å². The minimum Gasteiger partial charge on any atom is -0.480 e. The van der Waals surface area contributed by atoms with Gasteiger partial charge in [-0.25, -0.2) is 9.98 Å². The Morgan fingerprint density at radius 2 is 2.18 bits per heavy atom. The Balaban J connectivity index is 1.60. The van der Waals surface area contributed by atoms with Crippen LogP contribution in [0.2, 0.25) is 5.02 Å². The zero-order valence-corrected chi connectivity index (χ0v) is 20.0. The quantitative estimate of drug-likeness (QED) is 0.663. The van der Waals surface area contributed by atoms with Crippen molar-refractivity contribution < 1.29 is 19.1 Å². The Labute approximate surface area is 202 Å². The molecule has 2 aromatic rings. The fraction of sp³-hybridized carbons (Fsp3) is 0.435. The summed E-state index contributed by atoms with van der Waals surface area (Å²) in [6.45, 7) is 4.36. The molecule has 0 unspecified atom stereocenters. The van der Waals surface area contributed by atoms with Gasteiger partial charge in [-0.3, -0.25) is 19.5 Å². The van der Waals surface area contributed by atoms with Crippen molar-refractivity contribution in [3.8, 4) is 5.88 Å². The van der Waals surface area contributed by atoms with E-state index < -0.39 is 11.4 Å². The first kappa shape index (κ1) is 23.9. The summed E-state index contributed by atoms with van der Waals surface area (Å²) < 4.78 is 10.6. The predicted molar refractivity (Wildman–Crippen MR) is 127 cm³/mol. The lowest BCUT2D eigenvalue weighted by atomic mass is 9.86. The average Bonchev–Trinajstić information content (AvgIpc) is 2.80. The van der Waals surface area contributed by atoms with E-state index in [1.807, 2.05) is 13.8 Å². The van der Waals surface area contributed by atoms with Gasteiger partial charge in [-0.1, -0.05) is 23.7 Å². The van der Waals surface area contributed by atoms with Crippen molar-refractivity contribution in [3.05, 3.63) is 46.9 Å². The number of nitrogens with two attached hydrogens (primary N) is 1. The Hall–Kier alpha value is -3.24. The predicted octanol–water partition coefficient (Wildman–Crippen LogP) is 2.72. The van der Waals surface area contributed by atoms with E-state index in [0.29, 0.717) is 30.7 Å². The van der Waals surface area contributed by atoms with Gasteiger partial charge in [0.15, 0.2) is 11.7 Å². The van der Waals surface area contributed by atoms with Gasteiger partial charge in [-0.05, 0) is 32.8 Å². The highest BCUT2D eigenvalue weighted by molar-refractivity contribution is 6.34. The molecular formula is C23H27ClN6O4. The maximum Gasteiger partial charge on any atom is 0.276 e. The molecule has 1 saturated heterocycles. The van der Waals surface area contributed by atoms with Gasteiger partial charge in [0.05, 0.1) is 48.3 Å². The van der Waals surface area contributed by atoms with E-state index in [1.165, 1.54) is 19.5 Å². The molecule has 2 aliphatic rings. The number of hydrogen-bond donors (Lipinski definition) is 2. The molecule has 1 aromatic heterocycles. The van der Waals surface area contributed by atoms with Crippen LogP contribution in [0.15, 0.2) is 35.6 Å². The highest BCUT2D eigenvalue weighted by Crippen LogP contribution is 2.41. The number of carbonyl (C=O) groups is 2. The maximum atomic E-state index is 13.2. The van der Waals surface area contributed by atoms with Crippen molar-refractivity contribution in [1.29, 1.82) is 0 Å². The third-order valence-corrected chi connectivity index (χ3v) is 6.48. The molecule has 0 radical (unpaired) electrons. The van der Waals surface area contributed by atoms with Crippen LogP contribution in [-0.2, 0) is 15.1 Å². The van der Waals surface area contributed by atoms with Gasteiger partial charge in [0.2, 0.25) is 11.8 Å². The van der Waals surface area contributed by atoms with Gasteiger partial charge >= 0.3 is 0 Å². The van der Waals surface area contributed by atoms with E-state index >= 15 is 0 Å². The number of methoxy groups -OCH3 is 1. The van der Waals surface area contributed by atoms with Crippen LogP contribution in [0.1, 0.15) is 49.2 Å². The lowest BCUT2D eigenvalue weighted by Crippen LogP contribution is -2.56. The number of nitrogens with zero attached hydrogens (tertiary/aromatic N) is 4. The first-order valence-electron chi connectivity index (χ1n) is 11.0. The summed E-state index contributed by atoms with van der Waals surface area (Å²) in [7, 11) is 1.44. The topological polar surface area (TPSA) is 132 Å². The second kappa shape index (κ2) is 9.55. The summed E-state index contributed by atoms with van der Waals surface area (Å²) in [6, 6.07) is 5.13. The van der Waals surface area contributed by atoms with Crippen LogP contribution in [0.25, 0.3) is 0 Å². The van der Waals surface area contributed by atoms with Gasteiger partial charge in [0, 0.05) is 18.2 Å². The number of aromatic nitrogens is 2. The van der Waals surface area contributed by atoms with E-state index in [2.05, 4.69) is 15.3 Å². The Morgan fingerprint density at radius 3 is 2.88 bits per heavy atom. The van der Waals surface area contributed by atoms with E-state index in [-0.39, 0.29) is 47.0 Å². The standard InChI is InChI=1S/C23H27ClN6O4/c1-13-9-14(7-8-34-13)30-19(31)10-23(2,29-22(30)25)15-5-4-6-16(20(15)24)28-21(32)17-11-26-12-18(27-17)33-3/h4-6,11-14H,7-10H2,1-3H3,(H2,25,29)(H,28,32)/t13-,14-,23+/m1/s1. The van der Waals surface area contributed by atoms with Crippen LogP contribution in [0.3, 0.4) is 0 Å². The zero-order chi connectivity index (χ0) is 24.5. The largest absolute Gasteiger partial charge is 0.480 e. The average molecular weight is 487 g/mol. The van der Waals surface area contributed by atoms with Crippen molar-refractivity contribution in [1.82, 2.24) is 14.9 Å². The third kappa shape index (κ3) is 4.69. The number of aliphatic imine (C=N–C) groups is 1. The van der Waals surface area contributed by atoms with Crippen molar-refractivity contribution in [2.75, 3.05) is 19.0 Å². The minimum absolute atomic E-state index is 0.0467. The first-order valence-corrected chi connectivity index (χ1v) is 11.3. The number of nitrogens with one attached hydrogen (secondary N) is 1. The number of rotatable bonds is 5. The van der Waals surface area contributed by atoms with Crippen LogP contribution < -0.4 is 15.8 Å². The molecule has 10 nitrogen and oxygen atoms in total. The third-order valence-electron chi connectivity index (χ3n) is 6.08. The number of guanidine groups is 1. The van der Waals surface area contributed by atoms with Crippen LogP contribution in [-0.4, -0.2) is 58.5 Å². The zero-order valence-electron chi connectivity index (χ0n) is 19.2. The molecule has 3 atom stereocenters. The van der Waals surface area contributed by atoms with E-state index in [0.717, 1.165) is 0 Å². The van der Waals surface area contributed by atoms with Crippen molar-refractivity contribution in [3.63, 3.8) is 0 Å². The molecule has 0 spiro atoms. The molecule has 0 saturated carbocycles. The molecule has 4 rings (SSSR count). The molecule has 11 heteroatoms. The van der Waals surface area contributed by atoms with Crippen LogP contribution >= 0.6 is 11.6 Å². The lowest BCUT2D eigenvalue weighted by molar-refractivity contribution is -0.133. The highest BCUT2D eigenvalue weighted by Gasteiger charge is 2.42. The Kier molecular flexibility index (Phi) is 6.72. The smallest absolute Gasteiger partial charge is 0.276 e. The summed E-state index contributed by atoms with van der Waals surface area (Å²) in [4.78, 5) is 40.2. The molecule has 3 heterocycles. The first-order chi connectivity index (χ1) is 16.2. The van der Waals surface area contributed by atoms with Crippen LogP contribution in [0.5, 0.6) is 5.88 Å². The minimum atomic E-state index is -0.984. The SMILES string of the molecule is COc1cncc(C(=O)Nc2cccc([C@]3(C)CC(=O)N([C@@H]4CCO[C@H](C)C4)C(N)=N3)c2Cl)n1. The number of halogens is 1. The van der Waals surface area contributed by atoms with Crippen molar-refractivity contribution in [2.45, 2.75) is 50.8 Å². The normalized spacial score (nSPS) is 25.0. The van der Waals surface area contributed by atoms with Gasteiger partial charge in [0.25, 0.3) is 5.91 Å². The number of benzene rings is 1. The van der Waals surface area contributed by atoms with E-state index in [4.69, 9.17) is 31.8 Å². The number of carbonyl (C=O) groups excluding carboxylic acids is 2. The molecule has 2 aliphatic heterocycles. The second-order valence-electron chi connectivity index (χ2n) is 8.61. The summed E-state index contributed by atoms with van der Waals surface area (Å²) in [6.07, 6.45) is 4.28. The highest BCUT2D eigenvalue weighted by atomic mass is 35.5. The van der Waals surface area contributed by atoms with Crippen LogP contribution in [0, 0.1) is 0 Å². The number of hydrogen-bond acceptors (Lipinski definition) is 8. The molecule has 1 aromatic carbocycles. The molecule has 3 N–H and O–H groups in total. The molecule has 1 fully saturated rings. The monoisotopic (exact) mass is 486 g/mol. The van der Waals surface area contributed by atoms with Gasteiger partial charge in [0.1, 0.15) is 0 Å². The number of anilines is 1. The Morgan fingerprint density at radius 1 is 1.38 bits per heavy atom. The molecule has 2 amide bonds. The van der Waals surface area contributed by atoms with E-state index in [1.54, 1.807) is 23.1 Å². The van der Waals surface area contributed by atoms with Gasteiger partial charge < -0.3 is 20.5 Å². The van der Waals surface area contributed by atoms with E-state index in [9.17, 15) is 9.59 Å². The van der Waals surface area contributed by atoms with Crippen molar-refractivity contribution >= 4 is 35.1 Å². The molecule has 180 valence electrons. The van der Waals surface area contributed by atoms with Crippen LogP contribution in [0.4, 0.5) is 5.69 Å². The Bertz CT molecular complexity index is 1140. The molecule has 0 aliphatic carbocycles. The van der Waals surface area contributed by atoms with Crippen molar-refractivity contribution in [2.24, 2.45) is 10.7 Å². The van der Waals surface area contributed by atoms with Gasteiger partial charge in [-0.15, -0.1) is 0 Å². The number of amides is 2. The fourth-order valence-electron chi connectivity index (χ4n) is 4.40. The summed E-state index contributed by atoms with van der Waals surface area (Å²) in [5, 5.41) is 3.01. The second-order valence-corrected chi connectivity index (χ2v) is 8.99. The molecule has 34 heavy (non-hydrogen) atoms.